The Balaban J connectivity index is 3.32. The van der Waals surface area contributed by atoms with E-state index < -0.39 is 26.9 Å². The zero-order valence-corrected chi connectivity index (χ0v) is 17.7. The topological polar surface area (TPSA) is 116 Å². The Kier molecular flexibility index (Phi) is 17.6. The number of ether oxygens (including phenoxy) is 1. The Morgan fingerprint density at radius 3 is 1.67 bits per heavy atom. The number of aliphatic hydroxyl groups excluding tert-OH is 1. The van der Waals surface area contributed by atoms with Crippen LogP contribution in [0.4, 0.5) is 0 Å². The lowest BCUT2D eigenvalue weighted by Crippen LogP contribution is -2.23. The van der Waals surface area contributed by atoms with Crippen molar-refractivity contribution in [3.05, 3.63) is 0 Å². The molecule has 0 heterocycles. The van der Waals surface area contributed by atoms with Crippen molar-refractivity contribution in [3.8, 4) is 0 Å². The molecule has 0 saturated heterocycles. The molecule has 0 amide bonds. The van der Waals surface area contributed by atoms with Gasteiger partial charge < -0.3 is 9.84 Å². The van der Waals surface area contributed by atoms with Crippen LogP contribution in [-0.2, 0) is 14.1 Å². The smallest absolute Gasteiger partial charge is 0.463 e. The maximum Gasteiger partial charge on any atom is 0.567 e. The summed E-state index contributed by atoms with van der Waals surface area (Å²) in [6.45, 7) is 1.44. The lowest BCUT2D eigenvalue weighted by atomic mass is 10.0. The van der Waals surface area contributed by atoms with Crippen LogP contribution in [0.25, 0.3) is 0 Å². The molecule has 0 rings (SSSR count). The van der Waals surface area contributed by atoms with Crippen LogP contribution in [0.5, 0.6) is 0 Å². The van der Waals surface area contributed by atoms with Crippen molar-refractivity contribution in [2.75, 3.05) is 13.2 Å². The fourth-order valence-corrected chi connectivity index (χ4v) is 3.15. The summed E-state index contributed by atoms with van der Waals surface area (Å²) in [4.78, 5) is 37.4. The van der Waals surface area contributed by atoms with Gasteiger partial charge in [-0.3, -0.25) is 4.79 Å². The first-order valence-corrected chi connectivity index (χ1v) is 12.0. The van der Waals surface area contributed by atoms with Crippen LogP contribution in [0, 0.1) is 0 Å². The fraction of sp³-hybridized carbons (Fsp3) is 0.947. The maximum absolute atomic E-state index is 11.5. The van der Waals surface area contributed by atoms with Gasteiger partial charge in [-0.25, -0.2) is 0 Å². The highest BCUT2D eigenvalue weighted by atomic mass is 31.2. The van der Waals surface area contributed by atoms with E-state index in [1.54, 1.807) is 0 Å². The zero-order chi connectivity index (χ0) is 20.4. The third kappa shape index (κ3) is 21.9. The standard InChI is InChI=1S/C19H40O7P/c1-2-3-4-5-6-7-8-9-10-11-12-13-14-15-19(21)25-16-18(20)17-26-27(22,23)24/h18,20,22-24H,2-17H2,1H3/q+1. The number of carbonyl (C=O) groups is 1. The number of hydrogen-bond acceptors (Lipinski definition) is 7. The highest BCUT2D eigenvalue weighted by Crippen LogP contribution is 2.45. The highest BCUT2D eigenvalue weighted by molar-refractivity contribution is 7.53. The predicted octanol–water partition coefficient (Wildman–Crippen LogP) is 4.04. The van der Waals surface area contributed by atoms with Crippen LogP contribution in [0.2, 0.25) is 0 Å². The van der Waals surface area contributed by atoms with Crippen molar-refractivity contribution in [2.24, 2.45) is 0 Å². The summed E-state index contributed by atoms with van der Waals surface area (Å²) < 4.78 is 9.12. The molecule has 0 aliphatic rings. The Morgan fingerprint density at radius 1 is 0.778 bits per heavy atom. The van der Waals surface area contributed by atoms with Crippen LogP contribution in [0.1, 0.15) is 96.8 Å². The quantitative estimate of drug-likeness (QED) is 0.144. The van der Waals surface area contributed by atoms with Crippen LogP contribution in [-0.4, -0.2) is 45.1 Å². The van der Waals surface area contributed by atoms with Gasteiger partial charge in [0.2, 0.25) is 0 Å². The van der Waals surface area contributed by atoms with Gasteiger partial charge in [0.15, 0.2) is 0 Å². The first kappa shape index (κ1) is 26.7. The van der Waals surface area contributed by atoms with Gasteiger partial charge in [-0.1, -0.05) is 84.0 Å². The Bertz CT molecular complexity index is 347. The Morgan fingerprint density at radius 2 is 1.22 bits per heavy atom. The molecule has 0 radical (unpaired) electrons. The number of unbranched alkanes of at least 4 members (excludes halogenated alkanes) is 12. The minimum Gasteiger partial charge on any atom is -0.463 e. The summed E-state index contributed by atoms with van der Waals surface area (Å²) in [6.07, 6.45) is 15.2. The Hall–Kier alpha value is -0.300. The van der Waals surface area contributed by atoms with E-state index in [9.17, 15) is 9.90 Å². The van der Waals surface area contributed by atoms with Gasteiger partial charge in [0.1, 0.15) is 19.3 Å². The molecule has 0 aromatic carbocycles. The molecule has 27 heavy (non-hydrogen) atoms. The molecule has 1 atom stereocenters. The molecule has 0 bridgehead atoms. The van der Waals surface area contributed by atoms with Crippen LogP contribution in [0.15, 0.2) is 0 Å². The first-order chi connectivity index (χ1) is 12.8. The molecule has 1 unspecified atom stereocenters. The van der Waals surface area contributed by atoms with Crippen molar-refractivity contribution in [1.82, 2.24) is 0 Å². The highest BCUT2D eigenvalue weighted by Gasteiger charge is 2.34. The van der Waals surface area contributed by atoms with E-state index in [2.05, 4.69) is 11.4 Å². The average molecular weight is 411 g/mol. The SMILES string of the molecule is CCCCCCCCCCCCCCCC(=O)OCC(O)CO[P+](O)(O)O. The summed E-state index contributed by atoms with van der Waals surface area (Å²) in [5, 5.41) is 9.43. The van der Waals surface area contributed by atoms with E-state index in [1.165, 1.54) is 64.2 Å². The molecule has 4 N–H and O–H groups in total. The molecule has 0 aliphatic carbocycles. The van der Waals surface area contributed by atoms with Gasteiger partial charge in [-0.05, 0) is 6.42 Å². The van der Waals surface area contributed by atoms with Crippen LogP contribution in [0.3, 0.4) is 0 Å². The van der Waals surface area contributed by atoms with Crippen molar-refractivity contribution in [2.45, 2.75) is 103 Å². The molecule has 0 aromatic heterocycles. The molecule has 7 nitrogen and oxygen atoms in total. The summed E-state index contributed by atoms with van der Waals surface area (Å²) >= 11 is 0. The van der Waals surface area contributed by atoms with Gasteiger partial charge in [0.25, 0.3) is 0 Å². The number of aliphatic hydroxyl groups is 1. The molecule has 0 aromatic rings. The normalized spacial score (nSPS) is 12.9. The predicted molar refractivity (Wildman–Crippen MR) is 107 cm³/mol. The molecule has 8 heteroatoms. The van der Waals surface area contributed by atoms with E-state index in [4.69, 9.17) is 19.4 Å². The van der Waals surface area contributed by atoms with E-state index in [0.717, 1.165) is 19.3 Å². The summed E-state index contributed by atoms with van der Waals surface area (Å²) in [7, 11) is -4.36. The Labute approximate surface area is 164 Å². The third-order valence-electron chi connectivity index (χ3n) is 4.36. The van der Waals surface area contributed by atoms with Crippen molar-refractivity contribution in [3.63, 3.8) is 0 Å². The van der Waals surface area contributed by atoms with E-state index in [1.807, 2.05) is 0 Å². The minimum absolute atomic E-state index is 0.294. The number of carbonyl (C=O) groups excluding carboxylic acids is 1. The minimum atomic E-state index is -4.36. The number of hydrogen-bond donors (Lipinski definition) is 4. The third-order valence-corrected chi connectivity index (χ3v) is 4.86. The monoisotopic (exact) mass is 411 g/mol. The molecular weight excluding hydrogens is 371 g/mol. The summed E-state index contributed by atoms with van der Waals surface area (Å²) in [6, 6.07) is 0. The number of esters is 1. The molecular formula is C19H40O7P+. The van der Waals surface area contributed by atoms with Crippen molar-refractivity contribution >= 4 is 14.1 Å². The first-order valence-electron chi connectivity index (χ1n) is 10.4. The average Bonchev–Trinajstić information content (AvgIpc) is 2.61. The lowest BCUT2D eigenvalue weighted by Gasteiger charge is -2.10. The molecule has 162 valence electrons. The van der Waals surface area contributed by atoms with Gasteiger partial charge in [-0.15, -0.1) is 0 Å². The van der Waals surface area contributed by atoms with Gasteiger partial charge >= 0.3 is 14.1 Å². The molecule has 0 aliphatic heterocycles. The summed E-state index contributed by atoms with van der Waals surface area (Å²) in [5.74, 6) is -0.393. The van der Waals surface area contributed by atoms with E-state index in [0.29, 0.717) is 6.42 Å². The fourth-order valence-electron chi connectivity index (χ4n) is 2.78. The maximum atomic E-state index is 11.5. The number of rotatable bonds is 19. The lowest BCUT2D eigenvalue weighted by molar-refractivity contribution is -0.147. The second-order valence-electron chi connectivity index (χ2n) is 7.14. The molecule has 0 fully saturated rings. The second kappa shape index (κ2) is 17.8. The van der Waals surface area contributed by atoms with E-state index >= 15 is 0 Å². The van der Waals surface area contributed by atoms with Crippen LogP contribution < -0.4 is 0 Å². The molecule has 0 spiro atoms. The van der Waals surface area contributed by atoms with Crippen LogP contribution >= 0.6 is 8.17 Å². The van der Waals surface area contributed by atoms with Crippen molar-refractivity contribution in [1.29, 1.82) is 0 Å². The zero-order valence-electron chi connectivity index (χ0n) is 16.9. The summed E-state index contributed by atoms with van der Waals surface area (Å²) in [5.41, 5.74) is 0. The van der Waals surface area contributed by atoms with Gasteiger partial charge in [-0.2, -0.15) is 19.2 Å². The van der Waals surface area contributed by atoms with Gasteiger partial charge in [0, 0.05) is 6.42 Å². The van der Waals surface area contributed by atoms with E-state index in [-0.39, 0.29) is 6.61 Å². The second-order valence-corrected chi connectivity index (χ2v) is 8.42. The molecule has 0 saturated carbocycles. The van der Waals surface area contributed by atoms with Gasteiger partial charge in [0.05, 0.1) is 0 Å². The van der Waals surface area contributed by atoms with Crippen molar-refractivity contribution < 1.29 is 33.8 Å². The largest absolute Gasteiger partial charge is 0.567 e.